The van der Waals surface area contributed by atoms with E-state index in [-0.39, 0.29) is 17.9 Å². The van der Waals surface area contributed by atoms with Crippen molar-refractivity contribution in [3.05, 3.63) is 108 Å². The molecule has 6 rings (SSSR count). The highest BCUT2D eigenvalue weighted by Crippen LogP contribution is 2.29. The Labute approximate surface area is 256 Å². The maximum absolute atomic E-state index is 13.3. The maximum Gasteiger partial charge on any atom is 0.254 e. The molecule has 0 bridgehead atoms. The predicted molar refractivity (Wildman–Crippen MR) is 173 cm³/mol. The second-order valence-corrected chi connectivity index (χ2v) is 12.1. The standard InChI is InChI=1S/C35H35N5O2S/c1-25-10-8-15-31(22-25)40-33(28-12-4-3-5-13-28)36-37-35(40)43-21-9-16-32(41)38-19-20-39(26(2)24-38)34(42)30-18-17-27-11-6-7-14-29(27)23-30/h3-8,10-15,17-18,22-23,26H,9,16,19-21,24H2,1-2H3. The van der Waals surface area contributed by atoms with E-state index in [0.29, 0.717) is 31.6 Å². The second kappa shape index (κ2) is 12.8. The normalized spacial score (nSPS) is 15.2. The van der Waals surface area contributed by atoms with Gasteiger partial charge >= 0.3 is 0 Å². The number of fused-ring (bicyclic) bond motifs is 1. The number of piperazine rings is 1. The molecule has 1 saturated heterocycles. The molecule has 1 aromatic heterocycles. The van der Waals surface area contributed by atoms with Gasteiger partial charge in [0.15, 0.2) is 11.0 Å². The summed E-state index contributed by atoms with van der Waals surface area (Å²) in [7, 11) is 0. The SMILES string of the molecule is Cc1cccc(-n2c(SCCCC(=O)N3CCN(C(=O)c4ccc5ccccc5c4)C(C)C3)nnc2-c2ccccc2)c1. The quantitative estimate of drug-likeness (QED) is 0.150. The number of aromatic nitrogens is 3. The molecule has 0 radical (unpaired) electrons. The van der Waals surface area contributed by atoms with Gasteiger partial charge in [0.1, 0.15) is 0 Å². The Morgan fingerprint density at radius 2 is 1.65 bits per heavy atom. The summed E-state index contributed by atoms with van der Waals surface area (Å²) in [5.41, 5.74) is 3.88. The first-order chi connectivity index (χ1) is 21.0. The lowest BCUT2D eigenvalue weighted by atomic mass is 10.0. The fraction of sp³-hybridized carbons (Fsp3) is 0.257. The van der Waals surface area contributed by atoms with Gasteiger partial charge in [0.25, 0.3) is 5.91 Å². The lowest BCUT2D eigenvalue weighted by Gasteiger charge is -2.40. The van der Waals surface area contributed by atoms with Crippen molar-refractivity contribution in [1.82, 2.24) is 24.6 Å². The van der Waals surface area contributed by atoms with Crippen LogP contribution >= 0.6 is 11.8 Å². The molecule has 2 amide bonds. The topological polar surface area (TPSA) is 71.3 Å². The predicted octanol–water partition coefficient (Wildman–Crippen LogP) is 6.64. The van der Waals surface area contributed by atoms with Gasteiger partial charge in [-0.1, -0.05) is 84.6 Å². The third-order valence-corrected chi connectivity index (χ3v) is 8.94. The molecule has 0 saturated carbocycles. The van der Waals surface area contributed by atoms with E-state index < -0.39 is 0 Å². The molecule has 7 nitrogen and oxygen atoms in total. The zero-order valence-electron chi connectivity index (χ0n) is 24.5. The number of aryl methyl sites for hydroxylation is 1. The molecule has 1 fully saturated rings. The number of amides is 2. The van der Waals surface area contributed by atoms with Gasteiger partial charge in [0.2, 0.25) is 5.91 Å². The van der Waals surface area contributed by atoms with Crippen molar-refractivity contribution in [2.24, 2.45) is 0 Å². The summed E-state index contributed by atoms with van der Waals surface area (Å²) in [4.78, 5) is 30.3. The van der Waals surface area contributed by atoms with Crippen molar-refractivity contribution in [2.45, 2.75) is 37.9 Å². The van der Waals surface area contributed by atoms with Gasteiger partial charge in [-0.15, -0.1) is 10.2 Å². The molecule has 1 atom stereocenters. The number of rotatable bonds is 8. The fourth-order valence-electron chi connectivity index (χ4n) is 5.66. The minimum Gasteiger partial charge on any atom is -0.339 e. The van der Waals surface area contributed by atoms with Crippen molar-refractivity contribution in [3.63, 3.8) is 0 Å². The van der Waals surface area contributed by atoms with E-state index in [1.165, 1.54) is 5.56 Å². The van der Waals surface area contributed by atoms with E-state index in [4.69, 9.17) is 0 Å². The smallest absolute Gasteiger partial charge is 0.254 e. The lowest BCUT2D eigenvalue weighted by Crippen LogP contribution is -2.55. The van der Waals surface area contributed by atoms with Gasteiger partial charge in [-0.05, 0) is 60.9 Å². The number of benzene rings is 4. The van der Waals surface area contributed by atoms with Crippen LogP contribution in [0.3, 0.4) is 0 Å². The molecule has 0 spiro atoms. The highest BCUT2D eigenvalue weighted by atomic mass is 32.2. The zero-order valence-corrected chi connectivity index (χ0v) is 25.3. The van der Waals surface area contributed by atoms with Crippen molar-refractivity contribution in [1.29, 1.82) is 0 Å². The maximum atomic E-state index is 13.3. The third kappa shape index (κ3) is 6.34. The summed E-state index contributed by atoms with van der Waals surface area (Å²) in [6.45, 7) is 5.74. The van der Waals surface area contributed by atoms with Gasteiger partial charge in [-0.25, -0.2) is 0 Å². The number of thioether (sulfide) groups is 1. The second-order valence-electron chi connectivity index (χ2n) is 11.0. The molecular weight excluding hydrogens is 554 g/mol. The van der Waals surface area contributed by atoms with Crippen LogP contribution in [0.1, 0.15) is 35.7 Å². The minimum absolute atomic E-state index is 0.0225. The fourth-order valence-corrected chi connectivity index (χ4v) is 6.55. The molecule has 1 unspecified atom stereocenters. The van der Waals surface area contributed by atoms with Crippen LogP contribution < -0.4 is 0 Å². The Morgan fingerprint density at radius 3 is 2.44 bits per heavy atom. The molecule has 1 aliphatic heterocycles. The van der Waals surface area contributed by atoms with Crippen LogP contribution in [0.5, 0.6) is 0 Å². The van der Waals surface area contributed by atoms with E-state index in [1.807, 2.05) is 95.6 Å². The lowest BCUT2D eigenvalue weighted by molar-refractivity contribution is -0.133. The van der Waals surface area contributed by atoms with Gasteiger partial charge in [-0.3, -0.25) is 14.2 Å². The first-order valence-electron chi connectivity index (χ1n) is 14.8. The summed E-state index contributed by atoms with van der Waals surface area (Å²) in [6.07, 6.45) is 1.19. The summed E-state index contributed by atoms with van der Waals surface area (Å²) >= 11 is 1.62. The van der Waals surface area contributed by atoms with E-state index in [2.05, 4.69) is 39.9 Å². The summed E-state index contributed by atoms with van der Waals surface area (Å²) < 4.78 is 2.10. The summed E-state index contributed by atoms with van der Waals surface area (Å²) in [6, 6.07) is 32.3. The molecule has 5 aromatic rings. The number of carbonyl (C=O) groups excluding carboxylic acids is 2. The average Bonchev–Trinajstić information content (AvgIpc) is 3.47. The van der Waals surface area contributed by atoms with Crippen LogP contribution in [0.25, 0.3) is 27.8 Å². The molecule has 43 heavy (non-hydrogen) atoms. The molecule has 0 N–H and O–H groups in total. The van der Waals surface area contributed by atoms with Gasteiger partial charge < -0.3 is 9.80 Å². The van der Waals surface area contributed by atoms with Crippen molar-refractivity contribution < 1.29 is 9.59 Å². The van der Waals surface area contributed by atoms with E-state index in [1.54, 1.807) is 11.8 Å². The van der Waals surface area contributed by atoms with E-state index >= 15 is 0 Å². The number of hydrogen-bond donors (Lipinski definition) is 0. The van der Waals surface area contributed by atoms with E-state index in [9.17, 15) is 9.59 Å². The number of hydrogen-bond acceptors (Lipinski definition) is 5. The average molecular weight is 590 g/mol. The number of carbonyl (C=O) groups is 2. The van der Waals surface area contributed by atoms with E-state index in [0.717, 1.165) is 45.2 Å². The first kappa shape index (κ1) is 28.7. The third-order valence-electron chi connectivity index (χ3n) is 7.93. The van der Waals surface area contributed by atoms with Crippen LogP contribution in [0.15, 0.2) is 102 Å². The Balaban J connectivity index is 1.05. The first-order valence-corrected chi connectivity index (χ1v) is 15.7. The Hall–Kier alpha value is -4.43. The Morgan fingerprint density at radius 1 is 0.860 bits per heavy atom. The van der Waals surface area contributed by atoms with Crippen molar-refractivity contribution >= 4 is 34.3 Å². The van der Waals surface area contributed by atoms with Crippen molar-refractivity contribution in [2.75, 3.05) is 25.4 Å². The highest BCUT2D eigenvalue weighted by molar-refractivity contribution is 7.99. The van der Waals surface area contributed by atoms with Crippen LogP contribution in [-0.2, 0) is 4.79 Å². The van der Waals surface area contributed by atoms with Crippen LogP contribution in [-0.4, -0.2) is 67.8 Å². The minimum atomic E-state index is -0.0460. The molecule has 1 aliphatic rings. The monoisotopic (exact) mass is 589 g/mol. The largest absolute Gasteiger partial charge is 0.339 e. The molecule has 8 heteroatoms. The Kier molecular flexibility index (Phi) is 8.56. The molecule has 2 heterocycles. The molecule has 0 aliphatic carbocycles. The number of nitrogens with zero attached hydrogens (tertiary/aromatic N) is 5. The van der Waals surface area contributed by atoms with Gasteiger partial charge in [-0.2, -0.15) is 0 Å². The molecule has 218 valence electrons. The van der Waals surface area contributed by atoms with Crippen LogP contribution in [0.4, 0.5) is 0 Å². The molecule has 4 aromatic carbocycles. The molecular formula is C35H35N5O2S. The summed E-state index contributed by atoms with van der Waals surface area (Å²) in [5, 5.41) is 12.0. The Bertz CT molecular complexity index is 1750. The highest BCUT2D eigenvalue weighted by Gasteiger charge is 2.30. The zero-order chi connectivity index (χ0) is 29.8. The van der Waals surface area contributed by atoms with Crippen molar-refractivity contribution in [3.8, 4) is 17.1 Å². The van der Waals surface area contributed by atoms with Gasteiger partial charge in [0, 0.05) is 54.7 Å². The van der Waals surface area contributed by atoms with Gasteiger partial charge in [0.05, 0.1) is 0 Å². The van der Waals surface area contributed by atoms with Crippen LogP contribution in [0.2, 0.25) is 0 Å². The summed E-state index contributed by atoms with van der Waals surface area (Å²) in [5.74, 6) is 1.71. The van der Waals surface area contributed by atoms with Crippen LogP contribution in [0, 0.1) is 6.92 Å².